The summed E-state index contributed by atoms with van der Waals surface area (Å²) < 4.78 is 1.84. The van der Waals surface area contributed by atoms with E-state index < -0.39 is 17.9 Å². The Morgan fingerprint density at radius 2 is 1.50 bits per heavy atom. The number of hydrogen-bond donors (Lipinski definition) is 3. The van der Waals surface area contributed by atoms with Crippen LogP contribution in [0.15, 0.2) is 84.9 Å². The minimum atomic E-state index is -0.883. The number of imidazole rings is 1. The minimum absolute atomic E-state index is 0.00874. The number of fused-ring (bicyclic) bond motifs is 1. The topological polar surface area (TPSA) is 105 Å². The fourth-order valence-corrected chi connectivity index (χ4v) is 3.65. The number of nitrogens with zero attached hydrogens (tertiary/aromatic N) is 2. The van der Waals surface area contributed by atoms with Gasteiger partial charge in [-0.05, 0) is 29.8 Å². The van der Waals surface area contributed by atoms with Gasteiger partial charge in [0, 0.05) is 19.0 Å². The number of carbonyl (C=O) groups excluding carboxylic acids is 3. The lowest BCUT2D eigenvalue weighted by Gasteiger charge is -2.19. The van der Waals surface area contributed by atoms with E-state index in [1.807, 2.05) is 72.3 Å². The van der Waals surface area contributed by atoms with Crippen molar-refractivity contribution in [2.24, 2.45) is 7.05 Å². The average Bonchev–Trinajstić information content (AvgIpc) is 3.18. The Bertz CT molecular complexity index is 1300. The molecule has 3 aromatic carbocycles. The average molecular weight is 456 g/mol. The summed E-state index contributed by atoms with van der Waals surface area (Å²) in [5, 5.41) is 2.76. The Kier molecular flexibility index (Phi) is 6.98. The number of rotatable bonds is 7. The van der Waals surface area contributed by atoms with Crippen LogP contribution in [0.1, 0.15) is 21.7 Å². The van der Waals surface area contributed by atoms with E-state index >= 15 is 0 Å². The summed E-state index contributed by atoms with van der Waals surface area (Å²) in [6, 6.07) is 24.7. The number of para-hydroxylation sites is 2. The van der Waals surface area contributed by atoms with Crippen LogP contribution in [0, 0.1) is 0 Å². The minimum Gasteiger partial charge on any atom is -0.340 e. The van der Waals surface area contributed by atoms with E-state index in [2.05, 4.69) is 21.2 Å². The molecule has 4 aromatic rings. The maximum atomic E-state index is 12.9. The van der Waals surface area contributed by atoms with Gasteiger partial charge in [-0.1, -0.05) is 60.7 Å². The Labute approximate surface area is 197 Å². The van der Waals surface area contributed by atoms with Crippen LogP contribution in [0.25, 0.3) is 11.0 Å². The second-order valence-electron chi connectivity index (χ2n) is 7.87. The van der Waals surface area contributed by atoms with Crippen LogP contribution in [0.4, 0.5) is 0 Å². The predicted molar refractivity (Wildman–Crippen MR) is 129 cm³/mol. The SMILES string of the molecule is Cn1c(CC(=O)NNC(=O)[C@@H](Cc2ccccc2)NC(=O)c2ccccc2)nc2ccccc21. The third-order valence-electron chi connectivity index (χ3n) is 5.46. The molecule has 0 saturated carbocycles. The smallest absolute Gasteiger partial charge is 0.261 e. The van der Waals surface area contributed by atoms with Crippen LogP contribution in [-0.4, -0.2) is 33.3 Å². The van der Waals surface area contributed by atoms with Gasteiger partial charge in [-0.15, -0.1) is 0 Å². The summed E-state index contributed by atoms with van der Waals surface area (Å²) in [5.41, 5.74) is 7.91. The summed E-state index contributed by atoms with van der Waals surface area (Å²) in [5.74, 6) is -0.736. The Morgan fingerprint density at radius 1 is 0.853 bits per heavy atom. The van der Waals surface area contributed by atoms with Gasteiger partial charge in [0.2, 0.25) is 5.91 Å². The molecular formula is C26H25N5O3. The number of aryl methyl sites for hydroxylation is 1. The third-order valence-corrected chi connectivity index (χ3v) is 5.46. The number of amides is 3. The molecule has 34 heavy (non-hydrogen) atoms. The zero-order chi connectivity index (χ0) is 23.9. The first-order valence-electron chi connectivity index (χ1n) is 10.9. The number of benzene rings is 3. The first-order valence-corrected chi connectivity index (χ1v) is 10.9. The van der Waals surface area contributed by atoms with E-state index in [1.165, 1.54) is 0 Å². The van der Waals surface area contributed by atoms with E-state index in [4.69, 9.17) is 0 Å². The molecule has 0 saturated heterocycles. The molecule has 0 aliphatic rings. The predicted octanol–water partition coefficient (Wildman–Crippen LogP) is 2.30. The lowest BCUT2D eigenvalue weighted by molar-refractivity contribution is -0.129. The summed E-state index contributed by atoms with van der Waals surface area (Å²) in [7, 11) is 1.84. The highest BCUT2D eigenvalue weighted by Gasteiger charge is 2.23. The highest BCUT2D eigenvalue weighted by Crippen LogP contribution is 2.14. The van der Waals surface area contributed by atoms with Crippen LogP contribution in [0.2, 0.25) is 0 Å². The second kappa shape index (κ2) is 10.4. The molecule has 1 heterocycles. The molecule has 3 N–H and O–H groups in total. The van der Waals surface area contributed by atoms with E-state index in [9.17, 15) is 14.4 Å². The first-order chi connectivity index (χ1) is 16.5. The zero-order valence-corrected chi connectivity index (χ0v) is 18.7. The van der Waals surface area contributed by atoms with Crippen molar-refractivity contribution in [3.05, 3.63) is 102 Å². The lowest BCUT2D eigenvalue weighted by Crippen LogP contribution is -2.53. The molecule has 8 heteroatoms. The molecule has 0 bridgehead atoms. The summed E-state index contributed by atoms with van der Waals surface area (Å²) in [4.78, 5) is 42.6. The maximum absolute atomic E-state index is 12.9. The van der Waals surface area contributed by atoms with Gasteiger partial charge >= 0.3 is 0 Å². The molecule has 0 unspecified atom stereocenters. The van der Waals surface area contributed by atoms with Crippen molar-refractivity contribution in [3.63, 3.8) is 0 Å². The van der Waals surface area contributed by atoms with Crippen LogP contribution in [0.5, 0.6) is 0 Å². The maximum Gasteiger partial charge on any atom is 0.261 e. The number of hydrogen-bond acceptors (Lipinski definition) is 4. The van der Waals surface area contributed by atoms with Gasteiger partial charge in [0.25, 0.3) is 11.8 Å². The summed E-state index contributed by atoms with van der Waals surface area (Å²) in [6.45, 7) is 0. The van der Waals surface area contributed by atoms with E-state index in [1.54, 1.807) is 24.3 Å². The molecule has 3 amide bonds. The van der Waals surface area contributed by atoms with E-state index in [0.717, 1.165) is 16.6 Å². The van der Waals surface area contributed by atoms with Crippen molar-refractivity contribution >= 4 is 28.8 Å². The number of nitrogens with one attached hydrogen (secondary N) is 3. The molecule has 0 radical (unpaired) electrons. The van der Waals surface area contributed by atoms with Crippen LogP contribution in [0.3, 0.4) is 0 Å². The van der Waals surface area contributed by atoms with Crippen molar-refractivity contribution in [1.29, 1.82) is 0 Å². The quantitative estimate of drug-likeness (QED) is 0.372. The van der Waals surface area contributed by atoms with Crippen molar-refractivity contribution < 1.29 is 14.4 Å². The molecule has 0 fully saturated rings. The van der Waals surface area contributed by atoms with Crippen molar-refractivity contribution in [2.45, 2.75) is 18.9 Å². The monoisotopic (exact) mass is 455 g/mol. The largest absolute Gasteiger partial charge is 0.340 e. The summed E-state index contributed by atoms with van der Waals surface area (Å²) >= 11 is 0. The molecule has 1 atom stereocenters. The molecule has 8 nitrogen and oxygen atoms in total. The van der Waals surface area contributed by atoms with Crippen molar-refractivity contribution in [3.8, 4) is 0 Å². The molecule has 4 rings (SSSR count). The highest BCUT2D eigenvalue weighted by molar-refractivity contribution is 5.97. The van der Waals surface area contributed by atoms with Crippen molar-refractivity contribution in [2.75, 3.05) is 0 Å². The molecule has 0 aliphatic heterocycles. The fourth-order valence-electron chi connectivity index (χ4n) is 3.65. The first kappa shape index (κ1) is 22.7. The standard InChI is InChI=1S/C26H25N5O3/c1-31-22-15-9-8-14-20(22)27-23(31)17-24(32)29-30-26(34)21(16-18-10-4-2-5-11-18)28-25(33)19-12-6-3-7-13-19/h2-15,21H,16-17H2,1H3,(H,28,33)(H,29,32)(H,30,34)/t21-/m1/s1. The van der Waals surface area contributed by atoms with E-state index in [0.29, 0.717) is 11.4 Å². The number of carbonyl (C=O) groups is 3. The Hall–Kier alpha value is -4.46. The van der Waals surface area contributed by atoms with Gasteiger partial charge in [0.05, 0.1) is 17.5 Å². The van der Waals surface area contributed by atoms with Gasteiger partial charge < -0.3 is 9.88 Å². The van der Waals surface area contributed by atoms with Gasteiger partial charge in [0.1, 0.15) is 11.9 Å². The Balaban J connectivity index is 1.41. The molecule has 0 aliphatic carbocycles. The number of aromatic nitrogens is 2. The zero-order valence-electron chi connectivity index (χ0n) is 18.7. The van der Waals surface area contributed by atoms with Crippen LogP contribution >= 0.6 is 0 Å². The van der Waals surface area contributed by atoms with Gasteiger partial charge in [0.15, 0.2) is 0 Å². The normalized spacial score (nSPS) is 11.6. The van der Waals surface area contributed by atoms with Crippen LogP contribution < -0.4 is 16.2 Å². The van der Waals surface area contributed by atoms with Crippen molar-refractivity contribution in [1.82, 2.24) is 25.7 Å². The molecule has 1 aromatic heterocycles. The molecule has 172 valence electrons. The van der Waals surface area contributed by atoms with Crippen LogP contribution in [-0.2, 0) is 29.5 Å². The van der Waals surface area contributed by atoms with Gasteiger partial charge in [-0.25, -0.2) is 4.98 Å². The van der Waals surface area contributed by atoms with Gasteiger partial charge in [-0.2, -0.15) is 0 Å². The lowest BCUT2D eigenvalue weighted by atomic mass is 10.0. The molecular weight excluding hydrogens is 430 g/mol. The second-order valence-corrected chi connectivity index (χ2v) is 7.87. The third kappa shape index (κ3) is 5.47. The van der Waals surface area contributed by atoms with Gasteiger partial charge in [-0.3, -0.25) is 25.2 Å². The highest BCUT2D eigenvalue weighted by atomic mass is 16.2. The Morgan fingerprint density at radius 3 is 2.21 bits per heavy atom. The fraction of sp³-hybridized carbons (Fsp3) is 0.154. The summed E-state index contributed by atoms with van der Waals surface area (Å²) in [6.07, 6.45) is 0.261. The van der Waals surface area contributed by atoms with E-state index in [-0.39, 0.29) is 18.7 Å². The molecule has 0 spiro atoms. The number of hydrazine groups is 1.